The molecule has 3 nitrogen and oxygen atoms in total. The Bertz CT molecular complexity index is 2220. The molecule has 0 amide bonds. The first-order valence-corrected chi connectivity index (χ1v) is 14.7. The normalized spacial score (nSPS) is 12.5. The van der Waals surface area contributed by atoms with Gasteiger partial charge in [0.15, 0.2) is 0 Å². The van der Waals surface area contributed by atoms with Gasteiger partial charge in [-0.3, -0.25) is 0 Å². The highest BCUT2D eigenvalue weighted by molar-refractivity contribution is 6.11. The molecule has 0 N–H and O–H groups in total. The lowest BCUT2D eigenvalue weighted by Gasteiger charge is -2.19. The highest BCUT2D eigenvalue weighted by atomic mass is 15.0. The Morgan fingerprint density at radius 2 is 0.952 bits per heavy atom. The molecular formula is C39H35N3. The number of nitriles is 1. The first-order chi connectivity index (χ1) is 20.0. The maximum absolute atomic E-state index is 9.69. The van der Waals surface area contributed by atoms with Crippen molar-refractivity contribution in [3.05, 3.63) is 120 Å². The van der Waals surface area contributed by atoms with Crippen molar-refractivity contribution < 1.29 is 0 Å². The van der Waals surface area contributed by atoms with Gasteiger partial charge >= 0.3 is 0 Å². The van der Waals surface area contributed by atoms with Crippen molar-refractivity contribution in [1.82, 2.24) is 9.13 Å². The zero-order valence-electron chi connectivity index (χ0n) is 25.2. The van der Waals surface area contributed by atoms with Crippen LogP contribution in [0.1, 0.15) is 58.2 Å². The van der Waals surface area contributed by atoms with E-state index < -0.39 is 0 Å². The fourth-order valence-electron chi connectivity index (χ4n) is 6.33. The Morgan fingerprint density at radius 3 is 1.50 bits per heavy atom. The minimum absolute atomic E-state index is 0.0265. The van der Waals surface area contributed by atoms with E-state index in [4.69, 9.17) is 0 Å². The second-order valence-corrected chi connectivity index (χ2v) is 13.5. The number of hydrogen-bond donors (Lipinski definition) is 0. The molecule has 2 heterocycles. The van der Waals surface area contributed by atoms with Crippen LogP contribution in [0.2, 0.25) is 0 Å². The van der Waals surface area contributed by atoms with Crippen molar-refractivity contribution in [2.45, 2.75) is 52.4 Å². The van der Waals surface area contributed by atoms with E-state index in [0.717, 1.165) is 27.8 Å². The van der Waals surface area contributed by atoms with Gasteiger partial charge in [0.05, 0.1) is 33.7 Å². The molecule has 206 valence electrons. The molecule has 0 atom stereocenters. The van der Waals surface area contributed by atoms with E-state index in [9.17, 15) is 5.26 Å². The fourth-order valence-corrected chi connectivity index (χ4v) is 6.33. The topological polar surface area (TPSA) is 33.6 Å². The molecular weight excluding hydrogens is 510 g/mol. The van der Waals surface area contributed by atoms with Crippen molar-refractivity contribution in [1.29, 1.82) is 5.26 Å². The standard InChI is InChI=1S/C39H35N3/c1-38(2,3)26-15-18-36-32(21-26)30-12-7-8-13-34(30)41(36)28-10-9-11-29(23-28)42-35-17-14-25(24-40)20-31(35)33-22-27(39(4,5)6)16-19-37(33)42/h7-23H,1-6H3. The van der Waals surface area contributed by atoms with E-state index in [1.807, 2.05) is 12.1 Å². The van der Waals surface area contributed by atoms with Crippen molar-refractivity contribution >= 4 is 43.6 Å². The monoisotopic (exact) mass is 545 g/mol. The lowest BCUT2D eigenvalue weighted by Crippen LogP contribution is -2.10. The molecule has 0 bridgehead atoms. The summed E-state index contributed by atoms with van der Waals surface area (Å²) in [6.07, 6.45) is 0. The van der Waals surface area contributed by atoms with E-state index in [-0.39, 0.29) is 10.8 Å². The zero-order valence-corrected chi connectivity index (χ0v) is 25.2. The number of rotatable bonds is 2. The third-order valence-corrected chi connectivity index (χ3v) is 8.64. The molecule has 0 spiro atoms. The molecule has 0 saturated carbocycles. The fraction of sp³-hybridized carbons (Fsp3) is 0.205. The number of aromatic nitrogens is 2. The minimum Gasteiger partial charge on any atom is -0.309 e. The third-order valence-electron chi connectivity index (χ3n) is 8.64. The maximum atomic E-state index is 9.69. The summed E-state index contributed by atoms with van der Waals surface area (Å²) in [6, 6.07) is 39.6. The average molecular weight is 546 g/mol. The van der Waals surface area contributed by atoms with Crippen LogP contribution in [0.25, 0.3) is 55.0 Å². The Balaban J connectivity index is 1.50. The molecule has 0 fully saturated rings. The summed E-state index contributed by atoms with van der Waals surface area (Å²) in [5.74, 6) is 0. The van der Waals surface area contributed by atoms with Crippen LogP contribution in [-0.2, 0) is 10.8 Å². The minimum atomic E-state index is 0.0265. The summed E-state index contributed by atoms with van der Waals surface area (Å²) in [5, 5.41) is 14.5. The smallest absolute Gasteiger partial charge is 0.0991 e. The molecule has 42 heavy (non-hydrogen) atoms. The van der Waals surface area contributed by atoms with Crippen LogP contribution in [0.3, 0.4) is 0 Å². The van der Waals surface area contributed by atoms with Crippen molar-refractivity contribution in [2.24, 2.45) is 0 Å². The third kappa shape index (κ3) is 4.02. The number of fused-ring (bicyclic) bond motifs is 6. The van der Waals surface area contributed by atoms with Gasteiger partial charge in [-0.2, -0.15) is 5.26 Å². The molecule has 0 aliphatic rings. The number of hydrogen-bond acceptors (Lipinski definition) is 1. The van der Waals surface area contributed by atoms with Crippen LogP contribution in [-0.4, -0.2) is 9.13 Å². The molecule has 0 unspecified atom stereocenters. The van der Waals surface area contributed by atoms with E-state index in [2.05, 4.69) is 148 Å². The van der Waals surface area contributed by atoms with E-state index in [1.165, 1.54) is 38.3 Å². The van der Waals surface area contributed by atoms with E-state index in [1.54, 1.807) is 0 Å². The lowest BCUT2D eigenvalue weighted by molar-refractivity contribution is 0.591. The van der Waals surface area contributed by atoms with Gasteiger partial charge in [-0.05, 0) is 88.7 Å². The predicted molar refractivity (Wildman–Crippen MR) is 177 cm³/mol. The number of benzene rings is 5. The molecule has 3 heteroatoms. The van der Waals surface area contributed by atoms with Crippen LogP contribution in [0.5, 0.6) is 0 Å². The van der Waals surface area contributed by atoms with Crippen LogP contribution in [0.4, 0.5) is 0 Å². The van der Waals surface area contributed by atoms with Gasteiger partial charge in [0.1, 0.15) is 0 Å². The summed E-state index contributed by atoms with van der Waals surface area (Å²) >= 11 is 0. The van der Waals surface area contributed by atoms with Crippen LogP contribution in [0, 0.1) is 11.3 Å². The molecule has 0 aliphatic carbocycles. The van der Waals surface area contributed by atoms with Gasteiger partial charge in [0, 0.05) is 32.9 Å². The quantitative estimate of drug-likeness (QED) is 0.213. The average Bonchev–Trinajstić information content (AvgIpc) is 3.48. The van der Waals surface area contributed by atoms with Crippen LogP contribution < -0.4 is 0 Å². The molecule has 2 aromatic heterocycles. The molecule has 0 saturated heterocycles. The van der Waals surface area contributed by atoms with Crippen molar-refractivity contribution in [2.75, 3.05) is 0 Å². The zero-order chi connectivity index (χ0) is 29.4. The van der Waals surface area contributed by atoms with Gasteiger partial charge < -0.3 is 9.13 Å². The lowest BCUT2D eigenvalue weighted by atomic mass is 9.86. The summed E-state index contributed by atoms with van der Waals surface area (Å²) in [5.41, 5.74) is 10.3. The number of nitrogens with zero attached hydrogens (tertiary/aromatic N) is 3. The maximum Gasteiger partial charge on any atom is 0.0991 e. The van der Waals surface area contributed by atoms with Gasteiger partial charge in [0.2, 0.25) is 0 Å². The second-order valence-electron chi connectivity index (χ2n) is 13.5. The second kappa shape index (κ2) is 9.10. The Kier molecular flexibility index (Phi) is 5.66. The van der Waals surface area contributed by atoms with Crippen molar-refractivity contribution in [3.63, 3.8) is 0 Å². The van der Waals surface area contributed by atoms with Crippen LogP contribution in [0.15, 0.2) is 103 Å². The Labute approximate surface area is 247 Å². The summed E-state index contributed by atoms with van der Waals surface area (Å²) in [4.78, 5) is 0. The number of para-hydroxylation sites is 1. The van der Waals surface area contributed by atoms with Crippen molar-refractivity contribution in [3.8, 4) is 17.4 Å². The van der Waals surface area contributed by atoms with E-state index in [0.29, 0.717) is 5.56 Å². The Hall–Kier alpha value is -4.81. The largest absolute Gasteiger partial charge is 0.309 e. The molecule has 0 aliphatic heterocycles. The molecule has 7 aromatic rings. The van der Waals surface area contributed by atoms with Gasteiger partial charge in [-0.1, -0.05) is 77.9 Å². The SMILES string of the molecule is CC(C)(C)c1ccc2c(c1)c1ccccc1n2-c1cccc(-n2c3ccc(C#N)cc3c3cc(C(C)(C)C)ccc32)c1. The summed E-state index contributed by atoms with van der Waals surface area (Å²) in [7, 11) is 0. The van der Waals surface area contributed by atoms with Gasteiger partial charge in [-0.15, -0.1) is 0 Å². The van der Waals surface area contributed by atoms with Crippen LogP contribution >= 0.6 is 0 Å². The van der Waals surface area contributed by atoms with E-state index >= 15 is 0 Å². The molecule has 5 aromatic carbocycles. The molecule has 0 radical (unpaired) electrons. The van der Waals surface area contributed by atoms with Gasteiger partial charge in [-0.25, -0.2) is 0 Å². The summed E-state index contributed by atoms with van der Waals surface area (Å²) in [6.45, 7) is 13.5. The first kappa shape index (κ1) is 26.1. The highest BCUT2D eigenvalue weighted by Crippen LogP contribution is 2.38. The highest BCUT2D eigenvalue weighted by Gasteiger charge is 2.20. The summed E-state index contributed by atoms with van der Waals surface area (Å²) < 4.78 is 4.73. The Morgan fingerprint density at radius 1 is 0.476 bits per heavy atom. The van der Waals surface area contributed by atoms with Gasteiger partial charge in [0.25, 0.3) is 0 Å². The first-order valence-electron chi connectivity index (χ1n) is 14.7. The molecule has 7 rings (SSSR count). The predicted octanol–water partition coefficient (Wildman–Crippen LogP) is 10.3.